The van der Waals surface area contributed by atoms with Crippen LogP contribution in [-0.4, -0.2) is 48.8 Å². The first kappa shape index (κ1) is 23.4. The van der Waals surface area contributed by atoms with E-state index in [1.807, 2.05) is 0 Å². The second kappa shape index (κ2) is 8.57. The zero-order chi connectivity index (χ0) is 24.0. The summed E-state index contributed by atoms with van der Waals surface area (Å²) in [4.78, 5) is 23.2. The molecule has 1 saturated heterocycles. The molecule has 2 N–H and O–H groups in total. The average molecular weight is 481 g/mol. The van der Waals surface area contributed by atoms with Gasteiger partial charge in [0.15, 0.2) is 0 Å². The van der Waals surface area contributed by atoms with Crippen LogP contribution in [0.2, 0.25) is 5.02 Å². The molecule has 0 amide bonds. The van der Waals surface area contributed by atoms with Gasteiger partial charge in [0, 0.05) is 51.7 Å². The van der Waals surface area contributed by atoms with Gasteiger partial charge in [0.1, 0.15) is 11.6 Å². The van der Waals surface area contributed by atoms with Crippen LogP contribution in [0.25, 0.3) is 11.0 Å². The fraction of sp³-hybridized carbons (Fsp3) is 0.500. The monoisotopic (exact) mass is 480 g/mol. The van der Waals surface area contributed by atoms with Crippen molar-refractivity contribution in [3.8, 4) is 0 Å². The lowest BCUT2D eigenvalue weighted by atomic mass is 10.1. The van der Waals surface area contributed by atoms with Gasteiger partial charge in [-0.05, 0) is 20.3 Å². The maximum absolute atomic E-state index is 13.5. The molecule has 0 atom stereocenters. The number of halogens is 3. The maximum atomic E-state index is 13.5. The van der Waals surface area contributed by atoms with Crippen LogP contribution in [0.3, 0.4) is 0 Å². The number of nitrogens with one attached hydrogen (secondary N) is 1. The van der Waals surface area contributed by atoms with Crippen molar-refractivity contribution in [2.24, 2.45) is 7.05 Å². The summed E-state index contributed by atoms with van der Waals surface area (Å²) in [5, 5.41) is 13.6. The number of rotatable bonds is 6. The van der Waals surface area contributed by atoms with Crippen LogP contribution in [0.4, 0.5) is 26.1 Å². The fourth-order valence-electron chi connectivity index (χ4n) is 3.87. The number of aryl methyl sites for hydroxylation is 2. The number of nitrogens with zero attached hydrogens (tertiary/aromatic N) is 5. The van der Waals surface area contributed by atoms with Crippen LogP contribution >= 0.6 is 11.6 Å². The SMILES string of the molecule is Cn1c(=O)n(CCC(C)(C)O)c2cc(Nc3cc(N4CCC(F)(F)CC4)ncc3Cl)ncc21. The first-order valence-corrected chi connectivity index (χ1v) is 11.1. The molecule has 1 aliphatic rings. The van der Waals surface area contributed by atoms with Gasteiger partial charge in [0.2, 0.25) is 0 Å². The van der Waals surface area contributed by atoms with Gasteiger partial charge >= 0.3 is 5.69 Å². The van der Waals surface area contributed by atoms with E-state index in [4.69, 9.17) is 11.6 Å². The van der Waals surface area contributed by atoms with Gasteiger partial charge < -0.3 is 15.3 Å². The Balaban J connectivity index is 1.62. The second-order valence-electron chi connectivity index (χ2n) is 9.10. The van der Waals surface area contributed by atoms with E-state index in [9.17, 15) is 18.7 Å². The molecule has 0 aromatic carbocycles. The summed E-state index contributed by atoms with van der Waals surface area (Å²) in [5.41, 5.74) is 0.770. The molecular weight excluding hydrogens is 454 g/mol. The molecule has 0 radical (unpaired) electrons. The lowest BCUT2D eigenvalue weighted by Crippen LogP contribution is -2.39. The van der Waals surface area contributed by atoms with Crippen LogP contribution in [0.5, 0.6) is 0 Å². The molecule has 0 spiro atoms. The summed E-state index contributed by atoms with van der Waals surface area (Å²) in [5.74, 6) is -1.62. The molecule has 0 aliphatic carbocycles. The van der Waals surface area contributed by atoms with Crippen molar-refractivity contribution < 1.29 is 13.9 Å². The van der Waals surface area contributed by atoms with Crippen LogP contribution < -0.4 is 15.9 Å². The Labute approximate surface area is 194 Å². The summed E-state index contributed by atoms with van der Waals surface area (Å²) < 4.78 is 30.1. The minimum atomic E-state index is -2.64. The van der Waals surface area contributed by atoms with Gasteiger partial charge in [-0.3, -0.25) is 9.13 Å². The van der Waals surface area contributed by atoms with E-state index in [2.05, 4.69) is 15.3 Å². The lowest BCUT2D eigenvalue weighted by Gasteiger charge is -2.32. The zero-order valence-corrected chi connectivity index (χ0v) is 19.5. The van der Waals surface area contributed by atoms with Gasteiger partial charge in [-0.25, -0.2) is 23.5 Å². The standard InChI is InChI=1S/C22H27ClF2N6O2/c1-21(2,33)4-9-31-16-11-18(26-13-17(16)29(3)20(31)32)28-15-10-19(27-12-14(15)23)30-7-5-22(24,25)6-8-30/h10-13,33H,4-9H2,1-3H3,(H,26,27,28). The highest BCUT2D eigenvalue weighted by atomic mass is 35.5. The summed E-state index contributed by atoms with van der Waals surface area (Å²) >= 11 is 6.33. The molecule has 4 heterocycles. The minimum Gasteiger partial charge on any atom is -0.390 e. The number of anilines is 3. The number of alkyl halides is 2. The molecular formula is C22H27ClF2N6O2. The molecule has 3 aromatic heterocycles. The summed E-state index contributed by atoms with van der Waals surface area (Å²) in [6.45, 7) is 4.17. The lowest BCUT2D eigenvalue weighted by molar-refractivity contribution is -0.0221. The van der Waals surface area contributed by atoms with Crippen molar-refractivity contribution in [2.75, 3.05) is 23.3 Å². The van der Waals surface area contributed by atoms with Gasteiger partial charge in [0.05, 0.1) is 39.7 Å². The number of pyridine rings is 2. The second-order valence-corrected chi connectivity index (χ2v) is 9.51. The molecule has 1 aliphatic heterocycles. The van der Waals surface area contributed by atoms with E-state index in [1.54, 1.807) is 48.7 Å². The van der Waals surface area contributed by atoms with E-state index in [0.29, 0.717) is 46.3 Å². The van der Waals surface area contributed by atoms with Crippen LogP contribution in [0, 0.1) is 0 Å². The maximum Gasteiger partial charge on any atom is 0.328 e. The van der Waals surface area contributed by atoms with Crippen molar-refractivity contribution in [3.05, 3.63) is 40.0 Å². The van der Waals surface area contributed by atoms with Crippen molar-refractivity contribution in [1.82, 2.24) is 19.1 Å². The van der Waals surface area contributed by atoms with E-state index in [1.165, 1.54) is 10.8 Å². The number of hydrogen-bond acceptors (Lipinski definition) is 6. The summed E-state index contributed by atoms with van der Waals surface area (Å²) in [6.07, 6.45) is 3.06. The Morgan fingerprint density at radius 2 is 1.88 bits per heavy atom. The molecule has 0 unspecified atom stereocenters. The van der Waals surface area contributed by atoms with Crippen LogP contribution in [0.1, 0.15) is 33.1 Å². The average Bonchev–Trinajstić information content (AvgIpc) is 2.97. The Morgan fingerprint density at radius 3 is 2.55 bits per heavy atom. The van der Waals surface area contributed by atoms with E-state index >= 15 is 0 Å². The molecule has 0 bridgehead atoms. The number of imidazole rings is 1. The third-order valence-electron chi connectivity index (χ3n) is 5.90. The number of aliphatic hydroxyl groups is 1. The number of aromatic nitrogens is 4. The van der Waals surface area contributed by atoms with Gasteiger partial charge in [-0.2, -0.15) is 0 Å². The Kier molecular flexibility index (Phi) is 6.09. The highest BCUT2D eigenvalue weighted by molar-refractivity contribution is 6.33. The van der Waals surface area contributed by atoms with Crippen molar-refractivity contribution in [3.63, 3.8) is 0 Å². The largest absolute Gasteiger partial charge is 0.390 e. The third kappa shape index (κ3) is 5.11. The Morgan fingerprint density at radius 1 is 1.18 bits per heavy atom. The van der Waals surface area contributed by atoms with E-state index in [0.717, 1.165) is 0 Å². The Bertz CT molecular complexity index is 1220. The quantitative estimate of drug-likeness (QED) is 0.556. The first-order chi connectivity index (χ1) is 15.4. The molecule has 3 aromatic rings. The first-order valence-electron chi connectivity index (χ1n) is 10.8. The Hall–Kier alpha value is -2.72. The van der Waals surface area contributed by atoms with Crippen molar-refractivity contribution in [1.29, 1.82) is 0 Å². The van der Waals surface area contributed by atoms with Gasteiger partial charge in [-0.1, -0.05) is 11.6 Å². The predicted octanol–water partition coefficient (Wildman–Crippen LogP) is 3.92. The number of fused-ring (bicyclic) bond motifs is 1. The van der Waals surface area contributed by atoms with Crippen LogP contribution in [0.15, 0.2) is 29.3 Å². The third-order valence-corrected chi connectivity index (χ3v) is 6.20. The van der Waals surface area contributed by atoms with E-state index < -0.39 is 11.5 Å². The van der Waals surface area contributed by atoms with Crippen LogP contribution in [-0.2, 0) is 13.6 Å². The van der Waals surface area contributed by atoms with Crippen molar-refractivity contribution >= 4 is 40.0 Å². The smallest absolute Gasteiger partial charge is 0.328 e. The van der Waals surface area contributed by atoms with E-state index in [-0.39, 0.29) is 31.6 Å². The summed E-state index contributed by atoms with van der Waals surface area (Å²) in [7, 11) is 1.67. The van der Waals surface area contributed by atoms with Gasteiger partial charge in [-0.15, -0.1) is 0 Å². The van der Waals surface area contributed by atoms with Crippen molar-refractivity contribution in [2.45, 2.75) is 51.2 Å². The van der Waals surface area contributed by atoms with Gasteiger partial charge in [0.25, 0.3) is 5.92 Å². The molecule has 33 heavy (non-hydrogen) atoms. The minimum absolute atomic E-state index is 0.195. The normalized spacial score (nSPS) is 16.4. The molecule has 4 rings (SSSR count). The zero-order valence-electron chi connectivity index (χ0n) is 18.8. The highest BCUT2D eigenvalue weighted by Crippen LogP contribution is 2.33. The molecule has 11 heteroatoms. The predicted molar refractivity (Wildman–Crippen MR) is 125 cm³/mol. The molecule has 178 valence electrons. The number of hydrogen-bond donors (Lipinski definition) is 2. The number of piperidine rings is 1. The molecule has 8 nitrogen and oxygen atoms in total. The molecule has 0 saturated carbocycles. The molecule has 1 fully saturated rings. The highest BCUT2D eigenvalue weighted by Gasteiger charge is 2.34. The summed E-state index contributed by atoms with van der Waals surface area (Å²) in [6, 6.07) is 3.46. The fourth-order valence-corrected chi connectivity index (χ4v) is 4.02. The topological polar surface area (TPSA) is 88.2 Å².